The molecule has 1 unspecified atom stereocenters. The van der Waals surface area contributed by atoms with Gasteiger partial charge in [-0.05, 0) is 43.7 Å². The maximum atomic E-state index is 12.7. The van der Waals surface area contributed by atoms with Crippen LogP contribution < -0.4 is 5.32 Å². The maximum absolute atomic E-state index is 12.7. The molecule has 0 aromatic heterocycles. The van der Waals surface area contributed by atoms with Crippen molar-refractivity contribution in [2.45, 2.75) is 38.8 Å². The lowest BCUT2D eigenvalue weighted by molar-refractivity contribution is -0.133. The number of nitrogens with zero attached hydrogens (tertiary/aromatic N) is 3. The van der Waals surface area contributed by atoms with E-state index in [9.17, 15) is 9.59 Å². The van der Waals surface area contributed by atoms with Crippen LogP contribution in [0.1, 0.15) is 30.9 Å². The van der Waals surface area contributed by atoms with Crippen LogP contribution in [0.3, 0.4) is 0 Å². The van der Waals surface area contributed by atoms with Crippen molar-refractivity contribution in [3.8, 4) is 0 Å². The normalized spacial score (nSPS) is 27.8. The van der Waals surface area contributed by atoms with Gasteiger partial charge >= 0.3 is 6.03 Å². The van der Waals surface area contributed by atoms with Crippen molar-refractivity contribution in [2.75, 3.05) is 32.8 Å². The topological polar surface area (TPSA) is 55.9 Å². The Labute approximate surface area is 155 Å². The third-order valence-corrected chi connectivity index (χ3v) is 6.16. The van der Waals surface area contributed by atoms with Crippen LogP contribution in [0.4, 0.5) is 4.79 Å². The lowest BCUT2D eigenvalue weighted by Crippen LogP contribution is -2.51. The average molecular weight is 356 g/mol. The number of carbonyl (C=O) groups excluding carboxylic acids is 2. The van der Waals surface area contributed by atoms with Gasteiger partial charge in [0.1, 0.15) is 5.54 Å². The van der Waals surface area contributed by atoms with Crippen LogP contribution in [0.2, 0.25) is 0 Å². The molecule has 3 aliphatic rings. The molecule has 1 aliphatic carbocycles. The zero-order valence-electron chi connectivity index (χ0n) is 15.7. The molecule has 0 spiro atoms. The van der Waals surface area contributed by atoms with E-state index in [0.29, 0.717) is 12.6 Å². The van der Waals surface area contributed by atoms with E-state index in [1.165, 1.54) is 16.0 Å². The molecule has 0 radical (unpaired) electrons. The first kappa shape index (κ1) is 17.5. The van der Waals surface area contributed by atoms with Crippen molar-refractivity contribution in [2.24, 2.45) is 5.92 Å². The van der Waals surface area contributed by atoms with Gasteiger partial charge in [0.2, 0.25) is 0 Å². The molecule has 26 heavy (non-hydrogen) atoms. The standard InChI is InChI=1S/C20H28N4O2/c1-15-5-3-4-6-16(15)13-22-9-11-23(12-10-22)14-24-18(25)20(2,17-7-8-17)21-19(24)26/h3-6,17H,7-14H2,1-2H3,(H,21,26). The Morgan fingerprint density at radius 2 is 1.73 bits per heavy atom. The van der Waals surface area contributed by atoms with Crippen molar-refractivity contribution in [3.63, 3.8) is 0 Å². The average Bonchev–Trinajstić information content (AvgIpc) is 3.45. The molecule has 4 rings (SSSR count). The van der Waals surface area contributed by atoms with Crippen LogP contribution in [0.15, 0.2) is 24.3 Å². The molecule has 1 aromatic rings. The zero-order valence-corrected chi connectivity index (χ0v) is 15.7. The molecule has 0 bridgehead atoms. The second-order valence-corrected chi connectivity index (χ2v) is 8.10. The SMILES string of the molecule is Cc1ccccc1CN1CCN(CN2C(=O)NC(C)(C3CC3)C2=O)CC1. The van der Waals surface area contributed by atoms with Gasteiger partial charge in [-0.2, -0.15) is 0 Å². The van der Waals surface area contributed by atoms with Crippen LogP contribution in [-0.2, 0) is 11.3 Å². The third-order valence-electron chi connectivity index (χ3n) is 6.16. The number of hydrogen-bond donors (Lipinski definition) is 1. The highest BCUT2D eigenvalue weighted by Gasteiger charge is 2.56. The first-order valence-electron chi connectivity index (χ1n) is 9.61. The molecule has 6 heteroatoms. The summed E-state index contributed by atoms with van der Waals surface area (Å²) in [5.74, 6) is 0.266. The van der Waals surface area contributed by atoms with E-state index in [2.05, 4.69) is 46.3 Å². The Morgan fingerprint density at radius 3 is 2.38 bits per heavy atom. The number of nitrogens with one attached hydrogen (secondary N) is 1. The zero-order chi connectivity index (χ0) is 18.3. The van der Waals surface area contributed by atoms with E-state index >= 15 is 0 Å². The number of imide groups is 1. The molecule has 1 aromatic carbocycles. The van der Waals surface area contributed by atoms with Gasteiger partial charge in [0, 0.05) is 32.7 Å². The fourth-order valence-electron chi connectivity index (χ4n) is 4.10. The largest absolute Gasteiger partial charge is 0.326 e. The molecule has 2 saturated heterocycles. The Kier molecular flexibility index (Phi) is 4.49. The van der Waals surface area contributed by atoms with Crippen LogP contribution in [0.5, 0.6) is 0 Å². The highest BCUT2D eigenvalue weighted by molar-refractivity contribution is 6.07. The van der Waals surface area contributed by atoms with Crippen LogP contribution in [-0.4, -0.2) is 65.0 Å². The molecular formula is C20H28N4O2. The Morgan fingerprint density at radius 1 is 1.08 bits per heavy atom. The van der Waals surface area contributed by atoms with Gasteiger partial charge in [0.25, 0.3) is 5.91 Å². The van der Waals surface area contributed by atoms with Gasteiger partial charge in [-0.15, -0.1) is 0 Å². The Bertz CT molecular complexity index is 710. The van der Waals surface area contributed by atoms with Crippen LogP contribution >= 0.6 is 0 Å². The number of amides is 3. The fourth-order valence-corrected chi connectivity index (χ4v) is 4.10. The van der Waals surface area contributed by atoms with Gasteiger partial charge in [0.05, 0.1) is 6.67 Å². The molecule has 2 aliphatic heterocycles. The highest BCUT2D eigenvalue weighted by Crippen LogP contribution is 2.42. The van der Waals surface area contributed by atoms with E-state index in [1.807, 2.05) is 6.92 Å². The molecule has 3 amide bonds. The third kappa shape index (κ3) is 3.23. The molecule has 6 nitrogen and oxygen atoms in total. The van der Waals surface area contributed by atoms with Crippen molar-refractivity contribution in [3.05, 3.63) is 35.4 Å². The highest BCUT2D eigenvalue weighted by atomic mass is 16.2. The first-order valence-corrected chi connectivity index (χ1v) is 9.61. The fraction of sp³-hybridized carbons (Fsp3) is 0.600. The Hall–Kier alpha value is -1.92. The van der Waals surface area contributed by atoms with Gasteiger partial charge in [0.15, 0.2) is 0 Å². The predicted octanol–water partition coefficient (Wildman–Crippen LogP) is 1.79. The van der Waals surface area contributed by atoms with E-state index in [0.717, 1.165) is 45.6 Å². The number of rotatable bonds is 5. The summed E-state index contributed by atoms with van der Waals surface area (Å²) in [7, 11) is 0. The number of piperazine rings is 1. The quantitative estimate of drug-likeness (QED) is 0.818. The van der Waals surface area contributed by atoms with E-state index in [4.69, 9.17) is 0 Å². The summed E-state index contributed by atoms with van der Waals surface area (Å²) in [6.45, 7) is 9.07. The van der Waals surface area contributed by atoms with Gasteiger partial charge < -0.3 is 5.32 Å². The molecule has 140 valence electrons. The number of carbonyl (C=O) groups is 2. The van der Waals surface area contributed by atoms with Crippen LogP contribution in [0, 0.1) is 12.8 Å². The summed E-state index contributed by atoms with van der Waals surface area (Å²) >= 11 is 0. The summed E-state index contributed by atoms with van der Waals surface area (Å²) in [5.41, 5.74) is 2.02. The second kappa shape index (κ2) is 6.67. The number of benzene rings is 1. The lowest BCUT2D eigenvalue weighted by atomic mass is 9.96. The van der Waals surface area contributed by atoms with Crippen molar-refractivity contribution < 1.29 is 9.59 Å². The number of urea groups is 1. The van der Waals surface area contributed by atoms with Crippen molar-refractivity contribution in [1.29, 1.82) is 0 Å². The minimum absolute atomic E-state index is 0.0488. The van der Waals surface area contributed by atoms with Crippen molar-refractivity contribution >= 4 is 11.9 Å². The molecule has 2 heterocycles. The predicted molar refractivity (Wildman–Crippen MR) is 99.4 cm³/mol. The molecule has 1 N–H and O–H groups in total. The van der Waals surface area contributed by atoms with Crippen molar-refractivity contribution in [1.82, 2.24) is 20.0 Å². The summed E-state index contributed by atoms with van der Waals surface area (Å²) in [6.07, 6.45) is 2.07. The number of hydrogen-bond acceptors (Lipinski definition) is 4. The molecule has 3 fully saturated rings. The second-order valence-electron chi connectivity index (χ2n) is 8.10. The minimum atomic E-state index is -0.677. The summed E-state index contributed by atoms with van der Waals surface area (Å²) in [6, 6.07) is 8.28. The van der Waals surface area contributed by atoms with Gasteiger partial charge in [-0.1, -0.05) is 24.3 Å². The first-order chi connectivity index (χ1) is 12.5. The summed E-state index contributed by atoms with van der Waals surface area (Å²) in [5, 5.41) is 2.93. The number of aryl methyl sites for hydroxylation is 1. The lowest BCUT2D eigenvalue weighted by Gasteiger charge is -2.36. The minimum Gasteiger partial charge on any atom is -0.323 e. The van der Waals surface area contributed by atoms with Gasteiger partial charge in [-0.25, -0.2) is 9.69 Å². The van der Waals surface area contributed by atoms with Gasteiger partial charge in [-0.3, -0.25) is 14.6 Å². The van der Waals surface area contributed by atoms with E-state index in [1.54, 1.807) is 0 Å². The molecule has 1 atom stereocenters. The van der Waals surface area contributed by atoms with E-state index in [-0.39, 0.29) is 11.9 Å². The Balaban J connectivity index is 1.31. The summed E-state index contributed by atoms with van der Waals surface area (Å²) < 4.78 is 0. The van der Waals surface area contributed by atoms with Crippen LogP contribution in [0.25, 0.3) is 0 Å². The molecule has 1 saturated carbocycles. The smallest absolute Gasteiger partial charge is 0.323 e. The van der Waals surface area contributed by atoms with E-state index < -0.39 is 5.54 Å². The monoisotopic (exact) mass is 356 g/mol. The summed E-state index contributed by atoms with van der Waals surface area (Å²) in [4.78, 5) is 31.1. The molecular weight excluding hydrogens is 328 g/mol. The maximum Gasteiger partial charge on any atom is 0.326 e.